The molecule has 1 fully saturated rings. The van der Waals surface area contributed by atoms with Crippen LogP contribution in [0.3, 0.4) is 0 Å². The molecule has 0 aliphatic heterocycles. The van der Waals surface area contributed by atoms with E-state index in [4.69, 9.17) is 15.1 Å². The summed E-state index contributed by atoms with van der Waals surface area (Å²) >= 11 is 0. The summed E-state index contributed by atoms with van der Waals surface area (Å²) < 4.78 is 31.7. The van der Waals surface area contributed by atoms with E-state index >= 15 is 0 Å². The van der Waals surface area contributed by atoms with Gasteiger partial charge in [-0.3, -0.25) is 0 Å². The van der Waals surface area contributed by atoms with E-state index in [-0.39, 0.29) is 18.8 Å². The van der Waals surface area contributed by atoms with Crippen molar-refractivity contribution in [1.29, 1.82) is 5.26 Å². The fourth-order valence-corrected chi connectivity index (χ4v) is 1.87. The highest BCUT2D eigenvalue weighted by molar-refractivity contribution is 5.50. The molecule has 1 aliphatic rings. The van der Waals surface area contributed by atoms with E-state index in [1.54, 1.807) is 14.0 Å². The molecular weight excluding hydrogens is 266 g/mol. The highest BCUT2D eigenvalue weighted by atomic mass is 19.1. The topological polar surface area (TPSA) is 65.3 Å². The number of rotatable bonds is 3. The predicted octanol–water partition coefficient (Wildman–Crippen LogP) is 2.42. The molecule has 0 unspecified atom stereocenters. The van der Waals surface area contributed by atoms with Crippen molar-refractivity contribution in [3.05, 3.63) is 29.3 Å². The first-order chi connectivity index (χ1) is 9.55. The van der Waals surface area contributed by atoms with Crippen LogP contribution in [0, 0.1) is 23.0 Å². The maximum Gasteiger partial charge on any atom is 0.146 e. The lowest BCUT2D eigenvalue weighted by atomic mass is 9.89. The summed E-state index contributed by atoms with van der Waals surface area (Å²) in [6, 6.07) is 3.94. The van der Waals surface area contributed by atoms with E-state index in [0.29, 0.717) is 5.69 Å². The molecule has 6 heteroatoms. The Morgan fingerprint density at radius 2 is 1.90 bits per heavy atom. The minimum absolute atomic E-state index is 0.173. The average Bonchev–Trinajstić information content (AvgIpc) is 2.34. The van der Waals surface area contributed by atoms with Crippen LogP contribution in [0.4, 0.5) is 14.5 Å². The van der Waals surface area contributed by atoms with Gasteiger partial charge >= 0.3 is 0 Å². The minimum Gasteiger partial charge on any atom is -0.397 e. The molecule has 1 aromatic carbocycles. The number of benzene rings is 1. The van der Waals surface area contributed by atoms with Gasteiger partial charge in [-0.05, 0) is 31.9 Å². The Bertz CT molecular complexity index is 460. The number of ether oxygens (including phenoxy) is 1. The molecule has 1 saturated carbocycles. The summed E-state index contributed by atoms with van der Waals surface area (Å²) in [6.45, 7) is 1.93. The van der Waals surface area contributed by atoms with Crippen LogP contribution in [0.25, 0.3) is 0 Å². The molecule has 0 bridgehead atoms. The number of aliphatic hydroxyl groups is 1. The Labute approximate surface area is 117 Å². The molecule has 1 aliphatic carbocycles. The van der Waals surface area contributed by atoms with Crippen molar-refractivity contribution in [3.63, 3.8) is 0 Å². The second-order valence-electron chi connectivity index (χ2n) is 4.41. The van der Waals surface area contributed by atoms with Gasteiger partial charge in [0.1, 0.15) is 23.3 Å². The van der Waals surface area contributed by atoms with Gasteiger partial charge in [0.15, 0.2) is 0 Å². The van der Waals surface area contributed by atoms with Crippen LogP contribution in [0.15, 0.2) is 12.1 Å². The zero-order valence-electron chi connectivity index (χ0n) is 11.5. The maximum absolute atomic E-state index is 13.3. The highest BCUT2D eigenvalue weighted by Gasteiger charge is 2.29. The predicted molar refractivity (Wildman–Crippen MR) is 71.3 cm³/mol. The molecule has 4 nitrogen and oxygen atoms in total. The van der Waals surface area contributed by atoms with Crippen LogP contribution in [0.1, 0.15) is 25.3 Å². The van der Waals surface area contributed by atoms with E-state index in [9.17, 15) is 8.78 Å². The average molecular weight is 284 g/mol. The Kier molecular flexibility index (Phi) is 6.36. The molecule has 0 aromatic heterocycles. The third kappa shape index (κ3) is 4.15. The Morgan fingerprint density at radius 1 is 1.40 bits per heavy atom. The molecule has 0 atom stereocenters. The minimum atomic E-state index is -0.836. The summed E-state index contributed by atoms with van der Waals surface area (Å²) in [7, 11) is 1.64. The van der Waals surface area contributed by atoms with Crippen LogP contribution in [0.2, 0.25) is 0 Å². The van der Waals surface area contributed by atoms with Gasteiger partial charge in [0.05, 0.1) is 6.10 Å². The Hall–Kier alpha value is -1.71. The summed E-state index contributed by atoms with van der Waals surface area (Å²) in [5, 5.41) is 19.1. The van der Waals surface area contributed by atoms with Gasteiger partial charge in [-0.15, -0.1) is 0 Å². The number of hydrogen-bond acceptors (Lipinski definition) is 4. The molecule has 2 rings (SSSR count). The number of nitriles is 1. The lowest BCUT2D eigenvalue weighted by Gasteiger charge is -2.35. The number of aliphatic hydroxyl groups excluding tert-OH is 1. The number of halogens is 2. The van der Waals surface area contributed by atoms with Gasteiger partial charge < -0.3 is 15.2 Å². The molecule has 0 heterocycles. The zero-order chi connectivity index (χ0) is 15.1. The third-order valence-electron chi connectivity index (χ3n) is 2.95. The van der Waals surface area contributed by atoms with E-state index in [1.807, 2.05) is 0 Å². The van der Waals surface area contributed by atoms with E-state index < -0.39 is 17.2 Å². The van der Waals surface area contributed by atoms with Crippen LogP contribution < -0.4 is 5.32 Å². The van der Waals surface area contributed by atoms with Crippen molar-refractivity contribution < 1.29 is 18.6 Å². The van der Waals surface area contributed by atoms with E-state index in [0.717, 1.165) is 25.0 Å². The smallest absolute Gasteiger partial charge is 0.146 e. The quantitative estimate of drug-likeness (QED) is 0.894. The molecule has 110 valence electrons. The summed E-state index contributed by atoms with van der Waals surface area (Å²) in [5.41, 5.74) is -0.183. The standard InChI is InChI=1S/C12H12F2N2O.C2H6O/c1-17-9-2-7(3-9)16-8-4-11(13)10(6-15)12(14)5-8;1-2-3/h4-5,7,9,16H,2-3H2,1H3;3H,2H2,1H3. The van der Waals surface area contributed by atoms with Gasteiger partial charge in [-0.2, -0.15) is 5.26 Å². The molecule has 0 radical (unpaired) electrons. The number of methoxy groups -OCH3 is 1. The molecule has 0 saturated heterocycles. The van der Waals surface area contributed by atoms with Gasteiger partial charge in [0.2, 0.25) is 0 Å². The number of anilines is 1. The second-order valence-corrected chi connectivity index (χ2v) is 4.41. The van der Waals surface area contributed by atoms with Crippen molar-refractivity contribution in [2.24, 2.45) is 0 Å². The summed E-state index contributed by atoms with van der Waals surface area (Å²) in [4.78, 5) is 0. The Balaban J connectivity index is 0.000000612. The van der Waals surface area contributed by atoms with Gasteiger partial charge in [0, 0.05) is 25.4 Å². The molecule has 0 amide bonds. The van der Waals surface area contributed by atoms with Crippen LogP contribution >= 0.6 is 0 Å². The number of hydrogen-bond donors (Lipinski definition) is 2. The van der Waals surface area contributed by atoms with Crippen molar-refractivity contribution in [2.75, 3.05) is 19.0 Å². The number of nitrogens with zero attached hydrogens (tertiary/aromatic N) is 1. The fourth-order valence-electron chi connectivity index (χ4n) is 1.87. The lowest BCUT2D eigenvalue weighted by Crippen LogP contribution is -2.40. The van der Waals surface area contributed by atoms with Gasteiger partial charge in [0.25, 0.3) is 0 Å². The maximum atomic E-state index is 13.3. The first-order valence-electron chi connectivity index (χ1n) is 6.35. The molecular formula is C14H18F2N2O2. The monoisotopic (exact) mass is 284 g/mol. The number of nitrogens with one attached hydrogen (secondary N) is 1. The SMILES string of the molecule is CCO.COC1CC(Nc2cc(F)c(C#N)c(F)c2)C1. The summed E-state index contributed by atoms with van der Waals surface area (Å²) in [6.07, 6.45) is 1.86. The second kappa shape index (κ2) is 7.78. The fraction of sp³-hybridized carbons (Fsp3) is 0.500. The van der Waals surface area contributed by atoms with Crippen LogP contribution in [-0.2, 0) is 4.74 Å². The van der Waals surface area contributed by atoms with Crippen molar-refractivity contribution >= 4 is 5.69 Å². The third-order valence-corrected chi connectivity index (χ3v) is 2.95. The first kappa shape index (κ1) is 16.3. The highest BCUT2D eigenvalue weighted by Crippen LogP contribution is 2.27. The molecule has 2 N–H and O–H groups in total. The Morgan fingerprint density at radius 3 is 2.30 bits per heavy atom. The van der Waals surface area contributed by atoms with Crippen molar-refractivity contribution in [3.8, 4) is 6.07 Å². The van der Waals surface area contributed by atoms with E-state index in [1.165, 1.54) is 6.07 Å². The molecule has 1 aromatic rings. The van der Waals surface area contributed by atoms with Gasteiger partial charge in [-0.25, -0.2) is 8.78 Å². The van der Waals surface area contributed by atoms with Crippen molar-refractivity contribution in [1.82, 2.24) is 0 Å². The normalized spacial score (nSPS) is 20.2. The first-order valence-corrected chi connectivity index (χ1v) is 6.35. The van der Waals surface area contributed by atoms with E-state index in [2.05, 4.69) is 5.32 Å². The largest absolute Gasteiger partial charge is 0.397 e. The molecule has 20 heavy (non-hydrogen) atoms. The van der Waals surface area contributed by atoms with Crippen LogP contribution in [0.5, 0.6) is 0 Å². The molecule has 0 spiro atoms. The van der Waals surface area contributed by atoms with Crippen molar-refractivity contribution in [2.45, 2.75) is 31.9 Å². The van der Waals surface area contributed by atoms with Gasteiger partial charge in [-0.1, -0.05) is 0 Å². The lowest BCUT2D eigenvalue weighted by molar-refractivity contribution is 0.0328. The summed E-state index contributed by atoms with van der Waals surface area (Å²) in [5.74, 6) is -1.67. The van der Waals surface area contributed by atoms with Crippen LogP contribution in [-0.4, -0.2) is 31.0 Å². The zero-order valence-corrected chi connectivity index (χ0v) is 11.5.